The van der Waals surface area contributed by atoms with E-state index in [1.54, 1.807) is 0 Å². The molecule has 5 rings (SSSR count). The van der Waals surface area contributed by atoms with Crippen LogP contribution in [-0.2, 0) is 11.3 Å². The second-order valence-electron chi connectivity index (χ2n) is 7.50. The molecule has 0 bridgehead atoms. The van der Waals surface area contributed by atoms with Gasteiger partial charge in [0.2, 0.25) is 0 Å². The number of thioether (sulfide) groups is 1. The van der Waals surface area contributed by atoms with Gasteiger partial charge in [0.05, 0.1) is 18.7 Å². The molecule has 4 nitrogen and oxygen atoms in total. The average Bonchev–Trinajstić information content (AvgIpc) is 2.96. The van der Waals surface area contributed by atoms with Crippen molar-refractivity contribution in [3.05, 3.63) is 59.7 Å². The monoisotopic (exact) mass is 391 g/mol. The van der Waals surface area contributed by atoms with Gasteiger partial charge in [0.1, 0.15) is 5.82 Å². The topological polar surface area (TPSA) is 28.6 Å². The summed E-state index contributed by atoms with van der Waals surface area (Å²) in [6.07, 6.45) is 0. The number of aromatic nitrogens is 1. The highest BCUT2D eigenvalue weighted by Crippen LogP contribution is 2.34. The zero-order valence-electron chi connectivity index (χ0n) is 16.2. The molecule has 2 aromatic carbocycles. The number of anilines is 2. The van der Waals surface area contributed by atoms with Crippen molar-refractivity contribution >= 4 is 34.2 Å². The van der Waals surface area contributed by atoms with Crippen LogP contribution in [0.5, 0.6) is 0 Å². The number of nitrogens with zero attached hydrogens (tertiary/aromatic N) is 3. The Hall–Kier alpha value is -2.24. The molecule has 2 aliphatic heterocycles. The van der Waals surface area contributed by atoms with Crippen molar-refractivity contribution in [3.8, 4) is 0 Å². The molecule has 0 amide bonds. The third-order valence-corrected chi connectivity index (χ3v) is 6.65. The van der Waals surface area contributed by atoms with Gasteiger partial charge in [-0.2, -0.15) is 0 Å². The highest BCUT2D eigenvalue weighted by molar-refractivity contribution is 7.99. The van der Waals surface area contributed by atoms with E-state index in [9.17, 15) is 0 Å². The maximum Gasteiger partial charge on any atom is 0.131 e. The fourth-order valence-electron chi connectivity index (χ4n) is 4.06. The molecule has 0 radical (unpaired) electrons. The summed E-state index contributed by atoms with van der Waals surface area (Å²) in [5.74, 6) is 2.16. The quantitative estimate of drug-likeness (QED) is 0.642. The van der Waals surface area contributed by atoms with Gasteiger partial charge in [-0.1, -0.05) is 29.8 Å². The number of rotatable bonds is 2. The van der Waals surface area contributed by atoms with Crippen molar-refractivity contribution < 1.29 is 4.74 Å². The lowest BCUT2D eigenvalue weighted by molar-refractivity contribution is 0.123. The molecule has 5 heteroatoms. The molecule has 0 spiro atoms. The van der Waals surface area contributed by atoms with E-state index in [0.29, 0.717) is 0 Å². The standard InChI is InChI=1S/C23H25N3OS/c1-17-6-7-20-19(14-17)21(25-8-11-27-12-9-25)15-23(24-20)26-10-13-28-22-5-3-2-4-18(22)16-26/h2-7,14-15H,8-13,16H2,1H3. The second kappa shape index (κ2) is 7.64. The summed E-state index contributed by atoms with van der Waals surface area (Å²) in [6.45, 7) is 7.52. The molecule has 1 fully saturated rings. The summed E-state index contributed by atoms with van der Waals surface area (Å²) < 4.78 is 5.59. The van der Waals surface area contributed by atoms with Crippen LogP contribution < -0.4 is 9.80 Å². The molecule has 1 saturated heterocycles. The number of ether oxygens (including phenoxy) is 1. The summed E-state index contributed by atoms with van der Waals surface area (Å²) in [6, 6.07) is 17.6. The predicted molar refractivity (Wildman–Crippen MR) is 118 cm³/mol. The Morgan fingerprint density at radius 1 is 0.964 bits per heavy atom. The van der Waals surface area contributed by atoms with Crippen molar-refractivity contribution in [2.75, 3.05) is 48.4 Å². The number of benzene rings is 2. The van der Waals surface area contributed by atoms with Crippen LogP contribution in [0.4, 0.5) is 11.5 Å². The minimum absolute atomic E-state index is 0.790. The van der Waals surface area contributed by atoms with Gasteiger partial charge < -0.3 is 14.5 Å². The van der Waals surface area contributed by atoms with Crippen LogP contribution >= 0.6 is 11.8 Å². The number of morpholine rings is 1. The predicted octanol–water partition coefficient (Wildman–Crippen LogP) is 4.49. The van der Waals surface area contributed by atoms with Gasteiger partial charge in [0, 0.05) is 54.0 Å². The Bertz CT molecular complexity index is 1000. The van der Waals surface area contributed by atoms with E-state index in [4.69, 9.17) is 9.72 Å². The van der Waals surface area contributed by atoms with Crippen LogP contribution in [0.1, 0.15) is 11.1 Å². The molecule has 2 aliphatic rings. The molecule has 0 unspecified atom stereocenters. The van der Waals surface area contributed by atoms with Crippen LogP contribution in [0.3, 0.4) is 0 Å². The minimum atomic E-state index is 0.790. The lowest BCUT2D eigenvalue weighted by Gasteiger charge is -2.31. The molecule has 3 aromatic rings. The van der Waals surface area contributed by atoms with E-state index in [1.807, 2.05) is 11.8 Å². The van der Waals surface area contributed by atoms with Crippen LogP contribution in [0, 0.1) is 6.92 Å². The SMILES string of the molecule is Cc1ccc2nc(N3CCSc4ccccc4C3)cc(N3CCOCC3)c2c1. The van der Waals surface area contributed by atoms with Gasteiger partial charge in [0.25, 0.3) is 0 Å². The third kappa shape index (κ3) is 3.45. The number of aryl methyl sites for hydroxylation is 1. The first kappa shape index (κ1) is 17.8. The maximum atomic E-state index is 5.59. The van der Waals surface area contributed by atoms with Gasteiger partial charge in [-0.3, -0.25) is 0 Å². The largest absolute Gasteiger partial charge is 0.378 e. The van der Waals surface area contributed by atoms with E-state index in [0.717, 1.165) is 56.5 Å². The summed E-state index contributed by atoms with van der Waals surface area (Å²) >= 11 is 1.95. The van der Waals surface area contributed by atoms with E-state index in [2.05, 4.69) is 65.3 Å². The van der Waals surface area contributed by atoms with Crippen molar-refractivity contribution in [3.63, 3.8) is 0 Å². The summed E-state index contributed by atoms with van der Waals surface area (Å²) in [4.78, 5) is 11.4. The van der Waals surface area contributed by atoms with Crippen molar-refractivity contribution in [1.82, 2.24) is 4.98 Å². The second-order valence-corrected chi connectivity index (χ2v) is 8.63. The van der Waals surface area contributed by atoms with Gasteiger partial charge in [0.15, 0.2) is 0 Å². The van der Waals surface area contributed by atoms with Gasteiger partial charge in [-0.25, -0.2) is 4.98 Å². The smallest absolute Gasteiger partial charge is 0.131 e. The minimum Gasteiger partial charge on any atom is -0.378 e. The van der Waals surface area contributed by atoms with E-state index in [-0.39, 0.29) is 0 Å². The van der Waals surface area contributed by atoms with Gasteiger partial charge >= 0.3 is 0 Å². The lowest BCUT2D eigenvalue weighted by atomic mass is 10.1. The Balaban J connectivity index is 1.59. The molecule has 28 heavy (non-hydrogen) atoms. The Kier molecular flexibility index (Phi) is 4.87. The van der Waals surface area contributed by atoms with Crippen LogP contribution in [0.25, 0.3) is 10.9 Å². The number of fused-ring (bicyclic) bond motifs is 2. The zero-order valence-corrected chi connectivity index (χ0v) is 17.0. The average molecular weight is 392 g/mol. The zero-order chi connectivity index (χ0) is 18.9. The summed E-state index contributed by atoms with van der Waals surface area (Å²) in [5, 5.41) is 1.25. The van der Waals surface area contributed by atoms with Gasteiger partial charge in [-0.15, -0.1) is 11.8 Å². The first-order valence-corrected chi connectivity index (χ1v) is 11.0. The summed E-state index contributed by atoms with van der Waals surface area (Å²) in [5.41, 5.74) is 5.03. The van der Waals surface area contributed by atoms with Crippen molar-refractivity contribution in [1.29, 1.82) is 0 Å². The fraction of sp³-hybridized carbons (Fsp3) is 0.348. The first-order valence-electron chi connectivity index (χ1n) is 9.98. The molecule has 0 aliphatic carbocycles. The van der Waals surface area contributed by atoms with Crippen molar-refractivity contribution in [2.45, 2.75) is 18.4 Å². The van der Waals surface area contributed by atoms with Crippen molar-refractivity contribution in [2.24, 2.45) is 0 Å². The third-order valence-electron chi connectivity index (χ3n) is 5.56. The molecular formula is C23H25N3OS. The number of hydrogen-bond acceptors (Lipinski definition) is 5. The molecule has 0 atom stereocenters. The Morgan fingerprint density at radius 2 is 1.82 bits per heavy atom. The molecule has 0 saturated carbocycles. The van der Waals surface area contributed by atoms with E-state index in [1.165, 1.54) is 27.1 Å². The Morgan fingerprint density at radius 3 is 2.71 bits per heavy atom. The normalized spacial score (nSPS) is 17.5. The van der Waals surface area contributed by atoms with Crippen LogP contribution in [0.2, 0.25) is 0 Å². The van der Waals surface area contributed by atoms with Crippen LogP contribution in [0.15, 0.2) is 53.4 Å². The number of pyridine rings is 1. The van der Waals surface area contributed by atoms with E-state index < -0.39 is 0 Å². The van der Waals surface area contributed by atoms with Crippen LogP contribution in [-0.4, -0.2) is 43.6 Å². The highest BCUT2D eigenvalue weighted by atomic mass is 32.2. The Labute approximate surface area is 170 Å². The summed E-state index contributed by atoms with van der Waals surface area (Å²) in [7, 11) is 0. The number of hydrogen-bond donors (Lipinski definition) is 0. The van der Waals surface area contributed by atoms with Gasteiger partial charge in [-0.05, 0) is 30.7 Å². The molecule has 0 N–H and O–H groups in total. The fourth-order valence-corrected chi connectivity index (χ4v) is 5.08. The lowest BCUT2D eigenvalue weighted by Crippen LogP contribution is -2.36. The molecular weight excluding hydrogens is 366 g/mol. The van der Waals surface area contributed by atoms with E-state index >= 15 is 0 Å². The molecule has 3 heterocycles. The molecule has 1 aromatic heterocycles. The maximum absolute atomic E-state index is 5.59. The first-order chi connectivity index (χ1) is 13.8. The highest BCUT2D eigenvalue weighted by Gasteiger charge is 2.20. The molecule has 144 valence electrons.